The number of benzene rings is 3. The van der Waals surface area contributed by atoms with Crippen molar-refractivity contribution >= 4 is 48.0 Å². The lowest BCUT2D eigenvalue weighted by atomic mass is 9.98. The highest BCUT2D eigenvalue weighted by molar-refractivity contribution is 7.98. The molecule has 5 amide bonds. The number of amides is 5. The van der Waals surface area contributed by atoms with E-state index in [0.29, 0.717) is 37.8 Å². The Morgan fingerprint density at radius 1 is 0.750 bits per heavy atom. The summed E-state index contributed by atoms with van der Waals surface area (Å²) in [5.41, 5.74) is 5.07. The quantitative estimate of drug-likeness (QED) is 0.0598. The summed E-state index contributed by atoms with van der Waals surface area (Å²) in [7, 11) is 0. The first-order valence-electron chi connectivity index (χ1n) is 19.0. The van der Waals surface area contributed by atoms with Crippen molar-refractivity contribution in [2.45, 2.75) is 82.5 Å². The largest absolute Gasteiger partial charge is 0.480 e. The van der Waals surface area contributed by atoms with Crippen LogP contribution in [0, 0.1) is 5.92 Å². The van der Waals surface area contributed by atoms with Crippen LogP contribution in [0.15, 0.2) is 78.9 Å². The highest BCUT2D eigenvalue weighted by Gasteiger charge is 2.31. The zero-order chi connectivity index (χ0) is 40.5. The van der Waals surface area contributed by atoms with Crippen molar-refractivity contribution in [3.8, 4) is 11.1 Å². The number of fused-ring (bicyclic) bond motifs is 3. The van der Waals surface area contributed by atoms with Crippen molar-refractivity contribution in [3.63, 3.8) is 0 Å². The Morgan fingerprint density at radius 2 is 1.36 bits per heavy atom. The second kappa shape index (κ2) is 22.2. The molecule has 6 N–H and O–H groups in total. The summed E-state index contributed by atoms with van der Waals surface area (Å²) in [6, 6.07) is 21.1. The van der Waals surface area contributed by atoms with Crippen LogP contribution in [0.5, 0.6) is 0 Å². The maximum atomic E-state index is 13.6. The van der Waals surface area contributed by atoms with Gasteiger partial charge in [-0.15, -0.1) is 0 Å². The molecule has 0 aliphatic heterocycles. The summed E-state index contributed by atoms with van der Waals surface area (Å²) >= 11 is 1.53. The zero-order valence-electron chi connectivity index (χ0n) is 32.1. The molecule has 4 atom stereocenters. The number of hydrogen-bond donors (Lipinski definition) is 6. The Balaban J connectivity index is 1.30. The Labute approximate surface area is 332 Å². The normalized spacial score (nSPS) is 13.9. The molecule has 0 spiro atoms. The summed E-state index contributed by atoms with van der Waals surface area (Å²) in [5.74, 6) is -2.15. The van der Waals surface area contributed by atoms with Crippen LogP contribution in [0.25, 0.3) is 11.1 Å². The fourth-order valence-corrected chi connectivity index (χ4v) is 7.23. The van der Waals surface area contributed by atoms with Gasteiger partial charge in [0.15, 0.2) is 0 Å². The SMILES string of the molecule is CSCC[C@H](NC=O)C(=O)N[C@@H](CC(C)C)C(=O)N[C@@H](Cc1ccccc1)C(=O)NCCCC[C@@H](NC(=O)OCC1c2ccccc2-c2ccccc21)C(=O)O. The Morgan fingerprint density at radius 3 is 1.96 bits per heavy atom. The van der Waals surface area contributed by atoms with E-state index in [-0.39, 0.29) is 37.8 Å². The van der Waals surface area contributed by atoms with E-state index in [0.717, 1.165) is 27.8 Å². The smallest absolute Gasteiger partial charge is 0.407 e. The summed E-state index contributed by atoms with van der Waals surface area (Å²) in [6.07, 6.45) is 3.29. The third kappa shape index (κ3) is 12.9. The predicted molar refractivity (Wildman–Crippen MR) is 216 cm³/mol. The second-order valence-electron chi connectivity index (χ2n) is 14.2. The van der Waals surface area contributed by atoms with Gasteiger partial charge in [-0.1, -0.05) is 92.7 Å². The molecule has 0 fully saturated rings. The first-order valence-corrected chi connectivity index (χ1v) is 20.4. The maximum absolute atomic E-state index is 13.6. The molecule has 0 heterocycles. The molecule has 14 heteroatoms. The molecule has 0 unspecified atom stereocenters. The Bertz CT molecular complexity index is 1750. The molecule has 13 nitrogen and oxygen atoms in total. The van der Waals surface area contributed by atoms with Gasteiger partial charge >= 0.3 is 12.1 Å². The number of ether oxygens (including phenoxy) is 1. The zero-order valence-corrected chi connectivity index (χ0v) is 32.9. The van der Waals surface area contributed by atoms with Crippen molar-refractivity contribution in [3.05, 3.63) is 95.6 Å². The molecule has 0 radical (unpaired) electrons. The van der Waals surface area contributed by atoms with Crippen molar-refractivity contribution in [1.82, 2.24) is 26.6 Å². The van der Waals surface area contributed by atoms with E-state index >= 15 is 0 Å². The van der Waals surface area contributed by atoms with E-state index in [1.807, 2.05) is 99.0 Å². The van der Waals surface area contributed by atoms with Crippen LogP contribution in [-0.4, -0.2) is 90.6 Å². The lowest BCUT2D eigenvalue weighted by Crippen LogP contribution is -2.57. The van der Waals surface area contributed by atoms with Gasteiger partial charge in [-0.3, -0.25) is 19.2 Å². The number of rotatable bonds is 23. The molecule has 0 aromatic heterocycles. The van der Waals surface area contributed by atoms with E-state index in [4.69, 9.17) is 4.74 Å². The van der Waals surface area contributed by atoms with Gasteiger partial charge in [-0.05, 0) is 77.8 Å². The number of alkyl carbamates (subject to hydrolysis) is 1. The van der Waals surface area contributed by atoms with E-state index < -0.39 is 54.0 Å². The van der Waals surface area contributed by atoms with Crippen LogP contribution in [0.3, 0.4) is 0 Å². The van der Waals surface area contributed by atoms with Crippen molar-refractivity contribution < 1.29 is 38.6 Å². The number of carbonyl (C=O) groups is 6. The molecule has 56 heavy (non-hydrogen) atoms. The van der Waals surface area contributed by atoms with Crippen LogP contribution < -0.4 is 26.6 Å². The van der Waals surface area contributed by atoms with Gasteiger partial charge in [0.1, 0.15) is 30.8 Å². The van der Waals surface area contributed by atoms with E-state index in [1.54, 1.807) is 0 Å². The second-order valence-corrected chi connectivity index (χ2v) is 15.2. The Kier molecular flexibility index (Phi) is 17.2. The number of carboxylic acid groups (broad SMARTS) is 1. The minimum atomic E-state index is -1.20. The number of carboxylic acids is 1. The first-order chi connectivity index (χ1) is 27.0. The van der Waals surface area contributed by atoms with Crippen molar-refractivity contribution in [2.24, 2.45) is 5.92 Å². The summed E-state index contributed by atoms with van der Waals surface area (Å²) in [6.45, 7) is 4.08. The van der Waals surface area contributed by atoms with E-state index in [9.17, 15) is 33.9 Å². The van der Waals surface area contributed by atoms with Crippen LogP contribution in [0.2, 0.25) is 0 Å². The van der Waals surface area contributed by atoms with Crippen LogP contribution in [0.1, 0.15) is 68.6 Å². The highest BCUT2D eigenvalue weighted by atomic mass is 32.2. The maximum Gasteiger partial charge on any atom is 0.407 e. The molecule has 3 aromatic carbocycles. The van der Waals surface area contributed by atoms with Gasteiger partial charge in [0.25, 0.3) is 0 Å². The van der Waals surface area contributed by atoms with Crippen LogP contribution >= 0.6 is 11.8 Å². The molecule has 0 saturated heterocycles. The number of thioether (sulfide) groups is 1. The number of unbranched alkanes of at least 4 members (excludes halogenated alkanes) is 1. The monoisotopic (exact) mass is 787 g/mol. The predicted octanol–water partition coefficient (Wildman–Crippen LogP) is 4.39. The van der Waals surface area contributed by atoms with Gasteiger partial charge < -0.3 is 36.4 Å². The minimum absolute atomic E-state index is 0.0318. The molecule has 1 aliphatic carbocycles. The van der Waals surface area contributed by atoms with Crippen molar-refractivity contribution in [1.29, 1.82) is 0 Å². The topological polar surface area (TPSA) is 192 Å². The Hall–Kier alpha value is -5.37. The number of aliphatic carboxylic acids is 1. The molecule has 1 aliphatic rings. The number of hydrogen-bond acceptors (Lipinski definition) is 8. The summed E-state index contributed by atoms with van der Waals surface area (Å²) < 4.78 is 5.54. The van der Waals surface area contributed by atoms with Crippen LogP contribution in [0.4, 0.5) is 4.79 Å². The fraction of sp³-hybridized carbons (Fsp3) is 0.429. The number of nitrogens with one attached hydrogen (secondary N) is 5. The lowest BCUT2D eigenvalue weighted by molar-refractivity contribution is -0.139. The fourth-order valence-electron chi connectivity index (χ4n) is 6.76. The summed E-state index contributed by atoms with van der Waals surface area (Å²) in [4.78, 5) is 76.2. The first kappa shape index (κ1) is 43.4. The van der Waals surface area contributed by atoms with Crippen molar-refractivity contribution in [2.75, 3.05) is 25.2 Å². The molecule has 4 rings (SSSR count). The average molecular weight is 788 g/mol. The third-order valence-electron chi connectivity index (χ3n) is 9.60. The van der Waals surface area contributed by atoms with Gasteiger partial charge in [0.2, 0.25) is 24.1 Å². The molecule has 300 valence electrons. The molecule has 0 bridgehead atoms. The molecular formula is C42H53N5O8S. The van der Waals surface area contributed by atoms with E-state index in [1.165, 1.54) is 11.8 Å². The van der Waals surface area contributed by atoms with Gasteiger partial charge in [-0.2, -0.15) is 11.8 Å². The highest BCUT2D eigenvalue weighted by Crippen LogP contribution is 2.44. The molecule has 3 aromatic rings. The number of carbonyl (C=O) groups excluding carboxylic acids is 5. The lowest BCUT2D eigenvalue weighted by Gasteiger charge is -2.26. The minimum Gasteiger partial charge on any atom is -0.480 e. The standard InChI is InChI=1S/C42H53N5O8S/c1-27(2)23-36(45-39(50)34(44-26-48)20-22-56-3)40(51)46-37(24-28-13-5-4-6-14-28)38(49)43-21-12-11-19-35(41(52)53)47-42(54)55-25-33-31-17-9-7-15-29(31)30-16-8-10-18-32(30)33/h4-10,13-18,26-27,33-37H,11-12,19-25H2,1-3H3,(H,43,49)(H,44,48)(H,45,50)(H,46,51)(H,47,54)(H,52,53)/t34-,35+,36-,37-/m0/s1. The van der Waals surface area contributed by atoms with Gasteiger partial charge in [0, 0.05) is 18.9 Å². The van der Waals surface area contributed by atoms with Gasteiger partial charge in [-0.25, -0.2) is 9.59 Å². The third-order valence-corrected chi connectivity index (χ3v) is 10.2. The molecular weight excluding hydrogens is 735 g/mol. The molecule has 0 saturated carbocycles. The average Bonchev–Trinajstić information content (AvgIpc) is 3.50. The summed E-state index contributed by atoms with van der Waals surface area (Å²) in [5, 5.41) is 23.3. The van der Waals surface area contributed by atoms with Crippen LogP contribution in [-0.2, 0) is 35.1 Å². The van der Waals surface area contributed by atoms with Gasteiger partial charge in [0.05, 0.1) is 0 Å². The van der Waals surface area contributed by atoms with E-state index in [2.05, 4.69) is 26.6 Å².